The van der Waals surface area contributed by atoms with E-state index in [9.17, 15) is 9.90 Å². The molecule has 0 aliphatic carbocycles. The van der Waals surface area contributed by atoms with E-state index < -0.39 is 0 Å². The molecule has 0 saturated carbocycles. The lowest BCUT2D eigenvalue weighted by molar-refractivity contribution is 0.104. The van der Waals surface area contributed by atoms with Crippen LogP contribution in [-0.2, 0) is 4.74 Å². The molecule has 0 bridgehead atoms. The molecule has 0 heterocycles. The van der Waals surface area contributed by atoms with Crippen molar-refractivity contribution in [1.82, 2.24) is 10.6 Å². The molecule has 0 aromatic heterocycles. The molecule has 124 valence electrons. The van der Waals surface area contributed by atoms with E-state index in [0.717, 1.165) is 5.56 Å². The summed E-state index contributed by atoms with van der Waals surface area (Å²) in [6.07, 6.45) is 0.0450. The summed E-state index contributed by atoms with van der Waals surface area (Å²) in [4.78, 5) is 11.8. The largest absolute Gasteiger partial charge is 0.393 e. The highest BCUT2D eigenvalue weighted by Gasteiger charge is 2.13. The molecule has 1 aromatic rings. The molecule has 6 heteroatoms. The molecule has 0 aliphatic heterocycles. The van der Waals surface area contributed by atoms with E-state index in [-0.39, 0.29) is 24.2 Å². The van der Waals surface area contributed by atoms with Gasteiger partial charge in [0.2, 0.25) is 0 Å². The zero-order valence-corrected chi connectivity index (χ0v) is 14.1. The molecule has 3 atom stereocenters. The Morgan fingerprint density at radius 3 is 2.59 bits per heavy atom. The Bertz CT molecular complexity index is 468. The number of aliphatic hydroxyl groups is 1. The van der Waals surface area contributed by atoms with Gasteiger partial charge in [-0.05, 0) is 37.0 Å². The van der Waals surface area contributed by atoms with Gasteiger partial charge >= 0.3 is 6.03 Å². The molecule has 1 aromatic carbocycles. The van der Waals surface area contributed by atoms with E-state index in [0.29, 0.717) is 24.5 Å². The van der Waals surface area contributed by atoms with Gasteiger partial charge < -0.3 is 20.5 Å². The number of amides is 2. The van der Waals surface area contributed by atoms with Crippen molar-refractivity contribution in [2.24, 2.45) is 5.92 Å². The van der Waals surface area contributed by atoms with Crippen LogP contribution in [0, 0.1) is 5.92 Å². The van der Waals surface area contributed by atoms with Crippen molar-refractivity contribution in [3.63, 3.8) is 0 Å². The second kappa shape index (κ2) is 9.66. The van der Waals surface area contributed by atoms with Crippen molar-refractivity contribution in [1.29, 1.82) is 0 Å². The smallest absolute Gasteiger partial charge is 0.314 e. The van der Waals surface area contributed by atoms with Crippen LogP contribution in [0.3, 0.4) is 0 Å². The van der Waals surface area contributed by atoms with Crippen LogP contribution in [0.4, 0.5) is 4.79 Å². The molecule has 0 spiro atoms. The number of aliphatic hydroxyl groups excluding tert-OH is 1. The molecule has 3 N–H and O–H groups in total. The quantitative estimate of drug-likeness (QED) is 0.687. The number of carbonyl (C=O) groups is 1. The van der Waals surface area contributed by atoms with E-state index in [1.807, 2.05) is 25.1 Å². The third kappa shape index (κ3) is 7.11. The minimum atomic E-state index is -0.361. The minimum absolute atomic E-state index is 0.219. The first-order valence-corrected chi connectivity index (χ1v) is 7.78. The van der Waals surface area contributed by atoms with Crippen molar-refractivity contribution in [3.8, 4) is 0 Å². The zero-order valence-electron chi connectivity index (χ0n) is 13.3. The fraction of sp³-hybridized carbons (Fsp3) is 0.562. The average molecular weight is 329 g/mol. The summed E-state index contributed by atoms with van der Waals surface area (Å²) in [7, 11) is 1.59. The maximum atomic E-state index is 11.8. The van der Waals surface area contributed by atoms with Crippen LogP contribution in [0.1, 0.15) is 31.9 Å². The predicted octanol–water partition coefficient (Wildman–Crippen LogP) is 2.73. The second-order valence-electron chi connectivity index (χ2n) is 5.56. The van der Waals surface area contributed by atoms with Crippen molar-refractivity contribution in [2.75, 3.05) is 20.2 Å². The Morgan fingerprint density at radius 2 is 2.00 bits per heavy atom. The highest BCUT2D eigenvalue weighted by Crippen LogP contribution is 2.19. The second-order valence-corrected chi connectivity index (χ2v) is 6.00. The number of nitrogens with one attached hydrogen (secondary N) is 2. The Hall–Kier alpha value is -1.30. The lowest BCUT2D eigenvalue weighted by Crippen LogP contribution is -2.40. The summed E-state index contributed by atoms with van der Waals surface area (Å²) in [6, 6.07) is 7.12. The van der Waals surface area contributed by atoms with Crippen LogP contribution < -0.4 is 10.6 Å². The Balaban J connectivity index is 2.38. The summed E-state index contributed by atoms with van der Waals surface area (Å²) < 4.78 is 5.39. The standard InChI is InChI=1S/C16H25ClN2O3/c1-11(7-12(2)20)9-18-16(21)19-10-15(22-3)13-5-4-6-14(17)8-13/h4-6,8,11-12,15,20H,7,9-10H2,1-3H3,(H2,18,19,21). The van der Waals surface area contributed by atoms with Gasteiger partial charge in [0.1, 0.15) is 0 Å². The number of benzene rings is 1. The lowest BCUT2D eigenvalue weighted by Gasteiger charge is -2.18. The summed E-state index contributed by atoms with van der Waals surface area (Å²) in [5, 5.41) is 15.5. The fourth-order valence-corrected chi connectivity index (χ4v) is 2.42. The third-order valence-corrected chi connectivity index (χ3v) is 3.54. The van der Waals surface area contributed by atoms with Gasteiger partial charge in [0.25, 0.3) is 0 Å². The Kier molecular flexibility index (Phi) is 8.24. The number of hydrogen-bond acceptors (Lipinski definition) is 3. The highest BCUT2D eigenvalue weighted by atomic mass is 35.5. The van der Waals surface area contributed by atoms with E-state index in [1.165, 1.54) is 0 Å². The Labute approximate surface area is 137 Å². The van der Waals surface area contributed by atoms with Crippen LogP contribution in [0.15, 0.2) is 24.3 Å². The molecule has 3 unspecified atom stereocenters. The van der Waals surface area contributed by atoms with Crippen LogP contribution >= 0.6 is 11.6 Å². The van der Waals surface area contributed by atoms with Crippen LogP contribution in [-0.4, -0.2) is 37.4 Å². The molecule has 2 amide bonds. The van der Waals surface area contributed by atoms with Gasteiger partial charge in [0.05, 0.1) is 12.2 Å². The van der Waals surface area contributed by atoms with Gasteiger partial charge in [-0.15, -0.1) is 0 Å². The number of hydrogen-bond donors (Lipinski definition) is 3. The molecule has 0 aliphatic rings. The first-order chi connectivity index (χ1) is 10.4. The molecular weight excluding hydrogens is 304 g/mol. The molecule has 1 rings (SSSR count). The van der Waals surface area contributed by atoms with E-state index >= 15 is 0 Å². The number of urea groups is 1. The molecule has 5 nitrogen and oxygen atoms in total. The predicted molar refractivity (Wildman–Crippen MR) is 88.1 cm³/mol. The Morgan fingerprint density at radius 1 is 1.32 bits per heavy atom. The van der Waals surface area contributed by atoms with Crippen LogP contribution in [0.2, 0.25) is 5.02 Å². The zero-order chi connectivity index (χ0) is 16.5. The molecule has 22 heavy (non-hydrogen) atoms. The number of halogens is 1. The number of rotatable bonds is 8. The summed E-state index contributed by atoms with van der Waals surface area (Å²) in [5.41, 5.74) is 0.915. The van der Waals surface area contributed by atoms with Gasteiger partial charge in [-0.2, -0.15) is 0 Å². The van der Waals surface area contributed by atoms with Crippen LogP contribution in [0.25, 0.3) is 0 Å². The summed E-state index contributed by atoms with van der Waals surface area (Å²) in [6.45, 7) is 4.60. The molecular formula is C16H25ClN2O3. The topological polar surface area (TPSA) is 70.6 Å². The highest BCUT2D eigenvalue weighted by molar-refractivity contribution is 6.30. The van der Waals surface area contributed by atoms with Gasteiger partial charge in [-0.25, -0.2) is 4.79 Å². The number of ether oxygens (including phenoxy) is 1. The fourth-order valence-electron chi connectivity index (χ4n) is 2.22. The first-order valence-electron chi connectivity index (χ1n) is 7.40. The maximum absolute atomic E-state index is 11.8. The normalized spacial score (nSPS) is 15.0. The lowest BCUT2D eigenvalue weighted by atomic mass is 10.1. The molecule has 0 saturated heterocycles. The summed E-state index contributed by atoms with van der Waals surface area (Å²) >= 11 is 5.96. The van der Waals surface area contributed by atoms with E-state index in [1.54, 1.807) is 20.1 Å². The molecule has 0 fully saturated rings. The monoisotopic (exact) mass is 328 g/mol. The van der Waals surface area contributed by atoms with Crippen molar-refractivity contribution in [3.05, 3.63) is 34.9 Å². The number of methoxy groups -OCH3 is 1. The van der Waals surface area contributed by atoms with Gasteiger partial charge in [0, 0.05) is 25.2 Å². The van der Waals surface area contributed by atoms with Gasteiger partial charge in [-0.1, -0.05) is 30.7 Å². The van der Waals surface area contributed by atoms with E-state index in [2.05, 4.69) is 10.6 Å². The minimum Gasteiger partial charge on any atom is -0.393 e. The SMILES string of the molecule is COC(CNC(=O)NCC(C)CC(C)O)c1cccc(Cl)c1. The van der Waals surface area contributed by atoms with Crippen molar-refractivity contribution < 1.29 is 14.6 Å². The first kappa shape index (κ1) is 18.7. The third-order valence-electron chi connectivity index (χ3n) is 3.31. The van der Waals surface area contributed by atoms with Gasteiger partial charge in [0.15, 0.2) is 0 Å². The van der Waals surface area contributed by atoms with Crippen LogP contribution in [0.5, 0.6) is 0 Å². The maximum Gasteiger partial charge on any atom is 0.314 e. The van der Waals surface area contributed by atoms with Gasteiger partial charge in [-0.3, -0.25) is 0 Å². The van der Waals surface area contributed by atoms with Crippen molar-refractivity contribution >= 4 is 17.6 Å². The summed E-state index contributed by atoms with van der Waals surface area (Å²) in [5.74, 6) is 0.219. The number of carbonyl (C=O) groups excluding carboxylic acids is 1. The molecule has 0 radical (unpaired) electrons. The van der Waals surface area contributed by atoms with Crippen molar-refractivity contribution in [2.45, 2.75) is 32.5 Å². The van der Waals surface area contributed by atoms with E-state index in [4.69, 9.17) is 16.3 Å². The average Bonchev–Trinajstić information content (AvgIpc) is 2.45.